The second-order valence-corrected chi connectivity index (χ2v) is 12.2. The van der Waals surface area contributed by atoms with E-state index in [1.54, 1.807) is 6.20 Å². The third-order valence-corrected chi connectivity index (χ3v) is 10.8. The first-order chi connectivity index (χ1) is 16.1. The molecule has 1 heterocycles. The van der Waals surface area contributed by atoms with Crippen molar-refractivity contribution in [3.63, 3.8) is 0 Å². The van der Waals surface area contributed by atoms with E-state index >= 15 is 0 Å². The molecule has 33 heavy (non-hydrogen) atoms. The van der Waals surface area contributed by atoms with Gasteiger partial charge in [0.2, 0.25) is 11.3 Å². The van der Waals surface area contributed by atoms with E-state index in [1.807, 2.05) is 72.8 Å². The number of pyridine rings is 1. The van der Waals surface area contributed by atoms with E-state index in [1.165, 1.54) is 18.7 Å². The van der Waals surface area contributed by atoms with Gasteiger partial charge in [-0.25, -0.2) is 4.98 Å². The molecule has 0 aliphatic carbocycles. The second kappa shape index (κ2) is 10.8. The van der Waals surface area contributed by atoms with Crippen molar-refractivity contribution in [2.75, 3.05) is 0 Å². The van der Waals surface area contributed by atoms with E-state index in [9.17, 15) is 4.79 Å². The molecule has 0 radical (unpaired) electrons. The molecule has 0 saturated heterocycles. The monoisotopic (exact) mass is 489 g/mol. The lowest BCUT2D eigenvalue weighted by atomic mass is 10.4. The van der Waals surface area contributed by atoms with Crippen LogP contribution in [0.25, 0.3) is 0 Å². The van der Waals surface area contributed by atoms with Gasteiger partial charge in [-0.2, -0.15) is 0 Å². The van der Waals surface area contributed by atoms with Gasteiger partial charge in [-0.3, -0.25) is 10.1 Å². The SMILES string of the molecule is CC(=O)N/C(=C(/Cl)Sc1ccccn1)[P+](c1ccccc1)(c1ccccc1)c1ccccc1. The molecule has 3 aromatic carbocycles. The first kappa shape index (κ1) is 23.3. The molecule has 0 aliphatic rings. The van der Waals surface area contributed by atoms with Gasteiger partial charge in [0.1, 0.15) is 25.3 Å². The van der Waals surface area contributed by atoms with Gasteiger partial charge in [0.25, 0.3) is 0 Å². The largest absolute Gasteiger partial charge is 0.295 e. The molecule has 0 saturated carbocycles. The summed E-state index contributed by atoms with van der Waals surface area (Å²) < 4.78 is 0.494. The summed E-state index contributed by atoms with van der Waals surface area (Å²) in [6.07, 6.45) is 1.73. The summed E-state index contributed by atoms with van der Waals surface area (Å²) in [7, 11) is -2.54. The van der Waals surface area contributed by atoms with Crippen LogP contribution < -0.4 is 21.2 Å². The molecule has 0 spiro atoms. The fourth-order valence-electron chi connectivity index (χ4n) is 3.77. The quantitative estimate of drug-likeness (QED) is 0.269. The molecule has 1 N–H and O–H groups in total. The minimum atomic E-state index is -2.54. The van der Waals surface area contributed by atoms with E-state index in [-0.39, 0.29) is 5.91 Å². The van der Waals surface area contributed by atoms with Crippen LogP contribution in [-0.2, 0) is 4.79 Å². The first-order valence-electron chi connectivity index (χ1n) is 10.4. The number of thioether (sulfide) groups is 1. The summed E-state index contributed by atoms with van der Waals surface area (Å²) in [4.78, 5) is 17.0. The highest BCUT2D eigenvalue weighted by Gasteiger charge is 2.52. The summed E-state index contributed by atoms with van der Waals surface area (Å²) >= 11 is 8.43. The Bertz CT molecular complexity index is 1140. The van der Waals surface area contributed by atoms with Gasteiger partial charge in [-0.15, -0.1) is 0 Å². The molecule has 4 rings (SSSR count). The molecule has 0 aliphatic heterocycles. The number of carbonyl (C=O) groups is 1. The summed E-state index contributed by atoms with van der Waals surface area (Å²) in [6, 6.07) is 36.6. The van der Waals surface area contributed by atoms with Gasteiger partial charge in [-0.05, 0) is 48.5 Å². The van der Waals surface area contributed by atoms with Crippen LogP contribution in [0.3, 0.4) is 0 Å². The fourth-order valence-corrected chi connectivity index (χ4v) is 9.69. The van der Waals surface area contributed by atoms with E-state index < -0.39 is 7.26 Å². The Kier molecular flexibility index (Phi) is 7.61. The van der Waals surface area contributed by atoms with E-state index in [0.717, 1.165) is 20.9 Å². The lowest BCUT2D eigenvalue weighted by Gasteiger charge is -2.29. The number of amides is 1. The van der Waals surface area contributed by atoms with Gasteiger partial charge in [0, 0.05) is 13.1 Å². The maximum absolute atomic E-state index is 12.5. The number of nitrogens with zero attached hydrogens (tertiary/aromatic N) is 1. The molecule has 164 valence electrons. The predicted molar refractivity (Wildman–Crippen MR) is 142 cm³/mol. The molecule has 1 aromatic heterocycles. The lowest BCUT2D eigenvalue weighted by molar-refractivity contribution is -0.118. The number of nitrogens with one attached hydrogen (secondary N) is 1. The molecule has 4 aromatic rings. The van der Waals surface area contributed by atoms with Crippen LogP contribution in [0.15, 0.2) is 130 Å². The highest BCUT2D eigenvalue weighted by atomic mass is 35.5. The number of rotatable bonds is 7. The Morgan fingerprint density at radius 2 is 1.21 bits per heavy atom. The Hall–Kier alpha value is -2.91. The van der Waals surface area contributed by atoms with Crippen molar-refractivity contribution < 1.29 is 4.79 Å². The van der Waals surface area contributed by atoms with Crippen molar-refractivity contribution in [3.05, 3.63) is 125 Å². The molecule has 6 heteroatoms. The average molecular weight is 490 g/mol. The summed E-state index contributed by atoms with van der Waals surface area (Å²) in [5.41, 5.74) is 0.705. The third-order valence-electron chi connectivity index (χ3n) is 5.08. The zero-order valence-corrected chi connectivity index (χ0v) is 20.5. The van der Waals surface area contributed by atoms with Gasteiger partial charge in [0.05, 0.1) is 0 Å². The van der Waals surface area contributed by atoms with Gasteiger partial charge < -0.3 is 0 Å². The maximum atomic E-state index is 12.5. The van der Waals surface area contributed by atoms with Crippen LogP contribution in [0, 0.1) is 0 Å². The average Bonchev–Trinajstić information content (AvgIpc) is 2.86. The highest BCUT2D eigenvalue weighted by Crippen LogP contribution is 2.63. The lowest BCUT2D eigenvalue weighted by Crippen LogP contribution is -2.38. The van der Waals surface area contributed by atoms with Crippen molar-refractivity contribution in [3.8, 4) is 0 Å². The van der Waals surface area contributed by atoms with Crippen molar-refractivity contribution >= 4 is 52.4 Å². The maximum Gasteiger partial charge on any atom is 0.223 e. The predicted octanol–water partition coefficient (Wildman–Crippen LogP) is 5.67. The van der Waals surface area contributed by atoms with E-state index in [4.69, 9.17) is 11.6 Å². The van der Waals surface area contributed by atoms with Crippen molar-refractivity contribution in [1.82, 2.24) is 10.3 Å². The number of hydrogen-bond acceptors (Lipinski definition) is 3. The summed E-state index contributed by atoms with van der Waals surface area (Å²) in [5.74, 6) is -0.170. The smallest absolute Gasteiger partial charge is 0.223 e. The van der Waals surface area contributed by atoms with Crippen molar-refractivity contribution in [2.45, 2.75) is 11.9 Å². The molecule has 0 fully saturated rings. The van der Waals surface area contributed by atoms with E-state index in [2.05, 4.69) is 46.7 Å². The minimum absolute atomic E-state index is 0.170. The zero-order chi connectivity index (χ0) is 23.1. The number of aromatic nitrogens is 1. The molecular formula is C27H23ClN2OPS+. The van der Waals surface area contributed by atoms with Crippen LogP contribution in [-0.4, -0.2) is 10.9 Å². The van der Waals surface area contributed by atoms with Crippen LogP contribution >= 0.6 is 30.6 Å². The number of benzene rings is 3. The Balaban J connectivity index is 2.09. The first-order valence-corrected chi connectivity index (χ1v) is 13.4. The molecule has 0 unspecified atom stereocenters. The Morgan fingerprint density at radius 1 is 0.758 bits per heavy atom. The molecule has 0 bridgehead atoms. The van der Waals surface area contributed by atoms with Gasteiger partial charge in [0.15, 0.2) is 7.26 Å². The Labute approximate surface area is 204 Å². The molecule has 0 atom stereocenters. The normalized spacial score (nSPS) is 12.1. The minimum Gasteiger partial charge on any atom is -0.295 e. The fraction of sp³-hybridized carbons (Fsp3) is 0.0370. The van der Waals surface area contributed by atoms with Crippen LogP contribution in [0.1, 0.15) is 6.92 Å². The molecular weight excluding hydrogens is 467 g/mol. The van der Waals surface area contributed by atoms with Crippen molar-refractivity contribution in [1.29, 1.82) is 0 Å². The number of halogens is 1. The molecule has 1 amide bonds. The number of carbonyl (C=O) groups excluding carboxylic acids is 1. The summed E-state index contributed by atoms with van der Waals surface area (Å²) in [5, 5.41) is 7.22. The molecule has 3 nitrogen and oxygen atoms in total. The van der Waals surface area contributed by atoms with Crippen molar-refractivity contribution in [2.24, 2.45) is 0 Å². The topological polar surface area (TPSA) is 42.0 Å². The van der Waals surface area contributed by atoms with Gasteiger partial charge in [-0.1, -0.05) is 84.0 Å². The zero-order valence-electron chi connectivity index (χ0n) is 18.1. The standard InChI is InChI=1S/C27H22ClN2OPS/c1-21(31)30-27(26(28)33-25-19-11-12-20-29-25)32(22-13-5-2-6-14-22,23-15-7-3-8-16-23)24-17-9-4-10-18-24/h2-20H,1H3/p+1/b27-26+. The number of hydrogen-bond donors (Lipinski definition) is 1. The van der Waals surface area contributed by atoms with Crippen LogP contribution in [0.4, 0.5) is 0 Å². The second-order valence-electron chi connectivity index (χ2n) is 7.25. The Morgan fingerprint density at radius 3 is 1.61 bits per heavy atom. The summed E-state index contributed by atoms with van der Waals surface area (Å²) in [6.45, 7) is 1.52. The van der Waals surface area contributed by atoms with Gasteiger partial charge >= 0.3 is 0 Å². The third kappa shape index (κ3) is 5.04. The van der Waals surface area contributed by atoms with E-state index in [0.29, 0.717) is 9.80 Å². The van der Waals surface area contributed by atoms with Crippen LogP contribution in [0.5, 0.6) is 0 Å². The van der Waals surface area contributed by atoms with Crippen LogP contribution in [0.2, 0.25) is 0 Å². The highest BCUT2D eigenvalue weighted by molar-refractivity contribution is 8.06.